The smallest absolute Gasteiger partial charge is 0.252 e. The molecule has 4 saturated carbocycles. The van der Waals surface area contributed by atoms with Crippen molar-refractivity contribution < 1.29 is 4.79 Å². The molecule has 1 amide bonds. The molecule has 2 N–H and O–H groups in total. The van der Waals surface area contributed by atoms with Gasteiger partial charge in [0.15, 0.2) is 0 Å². The zero-order chi connectivity index (χ0) is 19.1. The van der Waals surface area contributed by atoms with Crippen LogP contribution in [0.5, 0.6) is 0 Å². The number of nitrogens with zero attached hydrogens (tertiary/aromatic N) is 1. The van der Waals surface area contributed by atoms with Gasteiger partial charge < -0.3 is 15.5 Å². The van der Waals surface area contributed by atoms with Gasteiger partial charge in [-0.3, -0.25) is 4.79 Å². The van der Waals surface area contributed by atoms with Crippen LogP contribution in [-0.4, -0.2) is 38.6 Å². The minimum atomic E-state index is -0.00413. The second kappa shape index (κ2) is 7.53. The Bertz CT molecular complexity index is 706. The summed E-state index contributed by atoms with van der Waals surface area (Å²) < 4.78 is 0. The first kappa shape index (κ1) is 18.7. The van der Waals surface area contributed by atoms with Crippen LogP contribution in [0.2, 0.25) is 5.02 Å². The molecule has 4 nitrogen and oxygen atoms in total. The number of hydrogen-bond acceptors (Lipinski definition) is 3. The highest BCUT2D eigenvalue weighted by atomic mass is 35.5. The number of benzene rings is 1. The van der Waals surface area contributed by atoms with Crippen LogP contribution in [0, 0.1) is 23.2 Å². The van der Waals surface area contributed by atoms with E-state index in [1.165, 1.54) is 38.5 Å². The summed E-state index contributed by atoms with van der Waals surface area (Å²) in [5, 5.41) is 7.27. The van der Waals surface area contributed by atoms with Crippen LogP contribution in [0.25, 0.3) is 0 Å². The summed E-state index contributed by atoms with van der Waals surface area (Å²) in [6.07, 6.45) is 9.37. The monoisotopic (exact) mass is 401 g/mol. The van der Waals surface area contributed by atoms with Crippen molar-refractivity contribution in [1.29, 1.82) is 0 Å². The van der Waals surface area contributed by atoms with Crippen LogP contribution in [-0.2, 0) is 0 Å². The van der Waals surface area contributed by atoms with Crippen LogP contribution in [0.4, 0.5) is 5.69 Å². The summed E-state index contributed by atoms with van der Waals surface area (Å²) in [6.45, 7) is 4.85. The molecular formula is C23H32ClN3O. The van der Waals surface area contributed by atoms with Gasteiger partial charge in [-0.05, 0) is 92.9 Å². The third kappa shape index (κ3) is 3.66. The Morgan fingerprint density at radius 3 is 2.54 bits per heavy atom. The summed E-state index contributed by atoms with van der Waals surface area (Å²) in [7, 11) is 0. The molecule has 6 rings (SSSR count). The maximum atomic E-state index is 13.0. The molecule has 28 heavy (non-hydrogen) atoms. The van der Waals surface area contributed by atoms with Gasteiger partial charge >= 0.3 is 0 Å². The molecular weight excluding hydrogens is 370 g/mol. The van der Waals surface area contributed by atoms with Crippen LogP contribution >= 0.6 is 11.6 Å². The predicted octanol–water partition coefficient (Wildman–Crippen LogP) is 4.09. The second-order valence-electron chi connectivity index (χ2n) is 9.85. The van der Waals surface area contributed by atoms with Crippen molar-refractivity contribution in [3.8, 4) is 0 Å². The minimum absolute atomic E-state index is 0.00413. The van der Waals surface area contributed by atoms with Crippen LogP contribution in [0.3, 0.4) is 0 Å². The van der Waals surface area contributed by atoms with E-state index in [2.05, 4.69) is 15.5 Å². The lowest BCUT2D eigenvalue weighted by Crippen LogP contribution is -2.51. The maximum Gasteiger partial charge on any atom is 0.252 e. The van der Waals surface area contributed by atoms with Gasteiger partial charge in [-0.1, -0.05) is 11.6 Å². The van der Waals surface area contributed by atoms with E-state index >= 15 is 0 Å². The highest BCUT2D eigenvalue weighted by Gasteiger charge is 2.50. The van der Waals surface area contributed by atoms with E-state index in [-0.39, 0.29) is 5.91 Å². The summed E-state index contributed by atoms with van der Waals surface area (Å²) in [4.78, 5) is 15.4. The van der Waals surface area contributed by atoms with Crippen molar-refractivity contribution in [3.05, 3.63) is 28.8 Å². The third-order valence-electron chi connectivity index (χ3n) is 7.69. The van der Waals surface area contributed by atoms with Gasteiger partial charge in [0.25, 0.3) is 5.91 Å². The Hall–Kier alpha value is -1.26. The summed E-state index contributed by atoms with van der Waals surface area (Å²) in [5.74, 6) is 2.72. The highest BCUT2D eigenvalue weighted by molar-refractivity contribution is 6.34. The minimum Gasteiger partial charge on any atom is -0.370 e. The Morgan fingerprint density at radius 2 is 1.82 bits per heavy atom. The molecule has 0 radical (unpaired) electrons. The third-order valence-corrected chi connectivity index (χ3v) is 8.02. The van der Waals surface area contributed by atoms with Gasteiger partial charge in [0.2, 0.25) is 0 Å². The molecule has 1 aromatic rings. The summed E-state index contributed by atoms with van der Waals surface area (Å²) >= 11 is 6.43. The Morgan fingerprint density at radius 1 is 1.11 bits per heavy atom. The fourth-order valence-electron chi connectivity index (χ4n) is 6.86. The number of carbonyl (C=O) groups is 1. The van der Waals surface area contributed by atoms with E-state index in [4.69, 9.17) is 11.6 Å². The van der Waals surface area contributed by atoms with Crippen molar-refractivity contribution in [2.45, 2.75) is 44.9 Å². The topological polar surface area (TPSA) is 44.4 Å². The van der Waals surface area contributed by atoms with Gasteiger partial charge in [-0.15, -0.1) is 0 Å². The first-order valence-corrected chi connectivity index (χ1v) is 11.5. The molecule has 5 aliphatic rings. The first-order valence-electron chi connectivity index (χ1n) is 11.1. The molecule has 1 heterocycles. The molecule has 0 spiro atoms. The molecule has 152 valence electrons. The summed E-state index contributed by atoms with van der Waals surface area (Å²) in [6, 6.07) is 5.92. The van der Waals surface area contributed by atoms with Crippen molar-refractivity contribution in [1.82, 2.24) is 10.6 Å². The fourth-order valence-corrected chi connectivity index (χ4v) is 7.06. The number of anilines is 1. The maximum absolute atomic E-state index is 13.0. The van der Waals surface area contributed by atoms with E-state index in [0.29, 0.717) is 16.0 Å². The molecule has 0 aromatic heterocycles. The molecule has 1 saturated heterocycles. The Balaban J connectivity index is 1.28. The van der Waals surface area contributed by atoms with Gasteiger partial charge in [0.1, 0.15) is 0 Å². The molecule has 0 atom stereocenters. The van der Waals surface area contributed by atoms with E-state index in [9.17, 15) is 4.79 Å². The quantitative estimate of drug-likeness (QED) is 0.798. The normalized spacial score (nSPS) is 34.3. The first-order chi connectivity index (χ1) is 13.6. The number of halogens is 1. The zero-order valence-corrected chi connectivity index (χ0v) is 17.4. The lowest BCUT2D eigenvalue weighted by atomic mass is 9.49. The SMILES string of the molecule is O=C(NCC12CC3CC(CC(C3)C1)C2)c1cc(N2CCCNCC2)ccc1Cl. The van der Waals surface area contributed by atoms with Gasteiger partial charge in [0.05, 0.1) is 10.6 Å². The molecule has 1 aromatic carbocycles. The van der Waals surface area contributed by atoms with Gasteiger partial charge in [-0.25, -0.2) is 0 Å². The lowest BCUT2D eigenvalue weighted by Gasteiger charge is -2.56. The average Bonchev–Trinajstić information content (AvgIpc) is 2.95. The number of nitrogens with one attached hydrogen (secondary N) is 2. The van der Waals surface area contributed by atoms with Gasteiger partial charge in [0, 0.05) is 31.9 Å². The van der Waals surface area contributed by atoms with Crippen LogP contribution in [0.1, 0.15) is 55.3 Å². The molecule has 4 aliphatic carbocycles. The molecule has 0 unspecified atom stereocenters. The Labute approximate surface area is 173 Å². The molecule has 4 bridgehead atoms. The van der Waals surface area contributed by atoms with E-state index in [0.717, 1.165) is 62.6 Å². The summed E-state index contributed by atoms with van der Waals surface area (Å²) in [5.41, 5.74) is 2.08. The van der Waals surface area contributed by atoms with E-state index in [1.54, 1.807) is 0 Å². The predicted molar refractivity (Wildman–Crippen MR) is 114 cm³/mol. The molecule has 5 fully saturated rings. The number of rotatable bonds is 4. The van der Waals surface area contributed by atoms with Crippen molar-refractivity contribution in [3.63, 3.8) is 0 Å². The van der Waals surface area contributed by atoms with Crippen molar-refractivity contribution in [2.75, 3.05) is 37.6 Å². The Kier molecular flexibility index (Phi) is 5.04. The molecule has 1 aliphatic heterocycles. The second-order valence-corrected chi connectivity index (χ2v) is 10.3. The average molecular weight is 402 g/mol. The fraction of sp³-hybridized carbons (Fsp3) is 0.696. The number of hydrogen-bond donors (Lipinski definition) is 2. The number of carbonyl (C=O) groups excluding carboxylic acids is 1. The zero-order valence-electron chi connectivity index (χ0n) is 16.7. The lowest BCUT2D eigenvalue weighted by molar-refractivity contribution is -0.0503. The van der Waals surface area contributed by atoms with Crippen LogP contribution < -0.4 is 15.5 Å². The molecule has 5 heteroatoms. The highest BCUT2D eigenvalue weighted by Crippen LogP contribution is 2.59. The van der Waals surface area contributed by atoms with Crippen LogP contribution in [0.15, 0.2) is 18.2 Å². The largest absolute Gasteiger partial charge is 0.370 e. The number of amides is 1. The van der Waals surface area contributed by atoms with E-state index < -0.39 is 0 Å². The van der Waals surface area contributed by atoms with E-state index in [1.807, 2.05) is 18.2 Å². The standard InChI is InChI=1S/C23H32ClN3O/c24-21-3-2-19(27-6-1-4-25-5-7-27)11-20(21)22(28)26-15-23-12-16-8-17(13-23)10-18(9-16)14-23/h2-3,11,16-18,25H,1,4-10,12-15H2,(H,26,28). The van der Waals surface area contributed by atoms with Gasteiger partial charge in [-0.2, -0.15) is 0 Å². The van der Waals surface area contributed by atoms with Crippen molar-refractivity contribution in [2.24, 2.45) is 23.2 Å². The van der Waals surface area contributed by atoms with Crippen molar-refractivity contribution >= 4 is 23.2 Å².